The Morgan fingerprint density at radius 2 is 1.77 bits per heavy atom. The summed E-state index contributed by atoms with van der Waals surface area (Å²) >= 11 is 3.48. The zero-order chi connectivity index (χ0) is 15.4. The van der Waals surface area contributed by atoms with Gasteiger partial charge in [0.1, 0.15) is 11.1 Å². The fourth-order valence-corrected chi connectivity index (χ4v) is 3.30. The van der Waals surface area contributed by atoms with Crippen LogP contribution in [-0.2, 0) is 16.9 Å². The predicted octanol–water partition coefficient (Wildman–Crippen LogP) is 3.90. The van der Waals surface area contributed by atoms with Crippen LogP contribution in [0.25, 0.3) is 11.0 Å². The lowest BCUT2D eigenvalue weighted by molar-refractivity contribution is 0.201. The molecule has 0 N–H and O–H groups in total. The lowest BCUT2D eigenvalue weighted by Crippen LogP contribution is -2.30. The zero-order valence-electron chi connectivity index (χ0n) is 12.5. The number of rotatable bonds is 3. The Kier molecular flexibility index (Phi) is 2.93. The number of aromatic nitrogens is 3. The molecule has 22 heavy (non-hydrogen) atoms. The van der Waals surface area contributed by atoms with Crippen LogP contribution < -0.4 is 0 Å². The Hall–Kier alpha value is -1.72. The van der Waals surface area contributed by atoms with Gasteiger partial charge >= 0.3 is 0 Å². The number of para-hydroxylation sites is 1. The number of halogens is 1. The summed E-state index contributed by atoms with van der Waals surface area (Å²) in [6, 6.07) is 16.3. The van der Waals surface area contributed by atoms with E-state index in [-0.39, 0.29) is 5.60 Å². The maximum atomic E-state index is 6.13. The Labute approximate surface area is 137 Å². The normalized spacial score (nSPS) is 22.9. The molecule has 0 radical (unpaired) electrons. The molecular formula is C17H16BrN3O. The number of hydrogen-bond donors (Lipinski definition) is 0. The smallest absolute Gasteiger partial charge is 0.196 e. The van der Waals surface area contributed by atoms with Crippen LogP contribution in [0.5, 0.6) is 0 Å². The molecule has 4 nitrogen and oxygen atoms in total. The van der Waals surface area contributed by atoms with Gasteiger partial charge in [0, 0.05) is 10.9 Å². The molecule has 1 aliphatic rings. The lowest BCUT2D eigenvalue weighted by Gasteiger charge is -2.16. The molecule has 5 heteroatoms. The minimum atomic E-state index is -0.475. The molecule has 2 aromatic carbocycles. The van der Waals surface area contributed by atoms with Gasteiger partial charge in [0.15, 0.2) is 5.72 Å². The topological polar surface area (TPSA) is 43.2 Å². The first-order chi connectivity index (χ1) is 10.5. The average Bonchev–Trinajstić information content (AvgIpc) is 2.85. The first-order valence-electron chi connectivity index (χ1n) is 7.27. The summed E-state index contributed by atoms with van der Waals surface area (Å²) in [7, 11) is 0. The minimum Gasteiger partial charge on any atom is -0.339 e. The number of hydrogen-bond acceptors (Lipinski definition) is 3. The average molecular weight is 358 g/mol. The maximum Gasteiger partial charge on any atom is 0.196 e. The SMILES string of the molecule is CC1(C)OC1(Cc1ccc(Br)cc1)n1nnc2ccccc21. The molecule has 1 fully saturated rings. The van der Waals surface area contributed by atoms with E-state index in [4.69, 9.17) is 4.74 Å². The second-order valence-corrected chi connectivity index (χ2v) is 7.11. The van der Waals surface area contributed by atoms with Crippen LogP contribution in [0.1, 0.15) is 19.4 Å². The maximum absolute atomic E-state index is 6.13. The van der Waals surface area contributed by atoms with Gasteiger partial charge in [0.25, 0.3) is 0 Å². The van der Waals surface area contributed by atoms with E-state index in [2.05, 4.69) is 64.4 Å². The summed E-state index contributed by atoms with van der Waals surface area (Å²) < 4.78 is 9.14. The molecule has 1 atom stereocenters. The third kappa shape index (κ3) is 2.00. The van der Waals surface area contributed by atoms with Crippen LogP contribution in [-0.4, -0.2) is 20.6 Å². The third-order valence-electron chi connectivity index (χ3n) is 4.37. The van der Waals surface area contributed by atoms with E-state index in [1.165, 1.54) is 5.56 Å². The van der Waals surface area contributed by atoms with Gasteiger partial charge in [-0.05, 0) is 43.7 Å². The molecule has 0 spiro atoms. The highest BCUT2D eigenvalue weighted by molar-refractivity contribution is 9.10. The number of epoxide rings is 1. The van der Waals surface area contributed by atoms with Gasteiger partial charge in [0.2, 0.25) is 0 Å². The highest BCUT2D eigenvalue weighted by Crippen LogP contribution is 2.54. The van der Waals surface area contributed by atoms with Crippen LogP contribution >= 0.6 is 15.9 Å². The van der Waals surface area contributed by atoms with Gasteiger partial charge in [-0.25, -0.2) is 4.68 Å². The van der Waals surface area contributed by atoms with E-state index in [0.717, 1.165) is 21.9 Å². The quantitative estimate of drug-likeness (QED) is 0.667. The number of benzene rings is 2. The second kappa shape index (κ2) is 4.64. The monoisotopic (exact) mass is 357 g/mol. The molecule has 0 aliphatic carbocycles. The molecule has 0 saturated carbocycles. The fourth-order valence-electron chi connectivity index (χ4n) is 3.03. The largest absolute Gasteiger partial charge is 0.339 e. The molecular weight excluding hydrogens is 342 g/mol. The molecule has 112 valence electrons. The van der Waals surface area contributed by atoms with Crippen LogP contribution in [0.4, 0.5) is 0 Å². The first-order valence-corrected chi connectivity index (χ1v) is 8.07. The Balaban J connectivity index is 1.79. The van der Waals surface area contributed by atoms with Crippen molar-refractivity contribution < 1.29 is 4.74 Å². The van der Waals surface area contributed by atoms with Gasteiger partial charge in [-0.15, -0.1) is 5.10 Å². The third-order valence-corrected chi connectivity index (χ3v) is 4.90. The first kappa shape index (κ1) is 13.9. The molecule has 0 bridgehead atoms. The Morgan fingerprint density at radius 3 is 2.45 bits per heavy atom. The Bertz CT molecular complexity index is 840. The summed E-state index contributed by atoms with van der Waals surface area (Å²) in [4.78, 5) is 0. The van der Waals surface area contributed by atoms with Gasteiger partial charge < -0.3 is 4.74 Å². The van der Waals surface area contributed by atoms with E-state index in [1.54, 1.807) is 0 Å². The molecule has 1 aromatic heterocycles. The van der Waals surface area contributed by atoms with Crippen molar-refractivity contribution in [2.75, 3.05) is 0 Å². The molecule has 1 saturated heterocycles. The molecule has 2 heterocycles. The standard InChI is InChI=1S/C17H16BrN3O/c1-16(2)17(22-16,11-12-7-9-13(18)10-8-12)21-15-6-4-3-5-14(15)19-20-21/h3-10H,11H2,1-2H3. The number of ether oxygens (including phenoxy) is 1. The van der Waals surface area contributed by atoms with Crippen LogP contribution in [0, 0.1) is 0 Å². The highest BCUT2D eigenvalue weighted by atomic mass is 79.9. The van der Waals surface area contributed by atoms with Crippen molar-refractivity contribution in [1.29, 1.82) is 0 Å². The molecule has 1 unspecified atom stereocenters. The van der Waals surface area contributed by atoms with Gasteiger partial charge in [-0.2, -0.15) is 0 Å². The van der Waals surface area contributed by atoms with Gasteiger partial charge in [-0.1, -0.05) is 45.4 Å². The molecule has 3 aromatic rings. The summed E-state index contributed by atoms with van der Waals surface area (Å²) in [6.07, 6.45) is 0.765. The molecule has 0 amide bonds. The van der Waals surface area contributed by atoms with Crippen molar-refractivity contribution in [1.82, 2.24) is 15.0 Å². The van der Waals surface area contributed by atoms with E-state index >= 15 is 0 Å². The van der Waals surface area contributed by atoms with Crippen molar-refractivity contribution in [3.63, 3.8) is 0 Å². The van der Waals surface area contributed by atoms with Crippen LogP contribution in [0.2, 0.25) is 0 Å². The van der Waals surface area contributed by atoms with Gasteiger partial charge in [0.05, 0.1) is 5.52 Å². The number of nitrogens with zero attached hydrogens (tertiary/aromatic N) is 3. The van der Waals surface area contributed by atoms with Crippen LogP contribution in [0.15, 0.2) is 53.0 Å². The summed E-state index contributed by atoms with van der Waals surface area (Å²) in [5.41, 5.74) is 2.37. The zero-order valence-corrected chi connectivity index (χ0v) is 14.0. The van der Waals surface area contributed by atoms with Gasteiger partial charge in [-0.3, -0.25) is 0 Å². The van der Waals surface area contributed by atoms with E-state index in [9.17, 15) is 0 Å². The minimum absolute atomic E-state index is 0.267. The van der Waals surface area contributed by atoms with Crippen molar-refractivity contribution in [2.45, 2.75) is 31.6 Å². The van der Waals surface area contributed by atoms with E-state index in [1.807, 2.05) is 28.9 Å². The predicted molar refractivity (Wildman–Crippen MR) is 88.5 cm³/mol. The van der Waals surface area contributed by atoms with Crippen molar-refractivity contribution >= 4 is 27.0 Å². The summed E-state index contributed by atoms with van der Waals surface area (Å²) in [5, 5.41) is 8.64. The van der Waals surface area contributed by atoms with E-state index in [0.29, 0.717) is 0 Å². The lowest BCUT2D eigenvalue weighted by atomic mass is 9.96. The summed E-state index contributed by atoms with van der Waals surface area (Å²) in [6.45, 7) is 4.20. The molecule has 1 aliphatic heterocycles. The van der Waals surface area contributed by atoms with Crippen molar-refractivity contribution in [2.24, 2.45) is 0 Å². The van der Waals surface area contributed by atoms with Crippen molar-refractivity contribution in [3.05, 3.63) is 58.6 Å². The summed E-state index contributed by atoms with van der Waals surface area (Å²) in [5.74, 6) is 0. The van der Waals surface area contributed by atoms with E-state index < -0.39 is 5.72 Å². The highest BCUT2D eigenvalue weighted by Gasteiger charge is 2.66. The van der Waals surface area contributed by atoms with Crippen LogP contribution in [0.3, 0.4) is 0 Å². The Morgan fingerprint density at radius 1 is 1.09 bits per heavy atom. The van der Waals surface area contributed by atoms with Crippen molar-refractivity contribution in [3.8, 4) is 0 Å². The second-order valence-electron chi connectivity index (χ2n) is 6.19. The number of fused-ring (bicyclic) bond motifs is 1. The molecule has 4 rings (SSSR count). The fraction of sp³-hybridized carbons (Fsp3) is 0.294.